The average Bonchev–Trinajstić information content (AvgIpc) is 3.16. The third-order valence-electron chi connectivity index (χ3n) is 2.84. The van der Waals surface area contributed by atoms with Crippen molar-refractivity contribution in [2.75, 3.05) is 16.8 Å². The molecule has 0 radical (unpaired) electrons. The number of rotatable bonds is 7. The van der Waals surface area contributed by atoms with Crippen LogP contribution in [0.4, 0.5) is 5.13 Å². The number of primary amides is 1. The van der Waals surface area contributed by atoms with Crippen LogP contribution < -0.4 is 11.1 Å². The lowest BCUT2D eigenvalue weighted by atomic mass is 10.2. The van der Waals surface area contributed by atoms with E-state index in [0.717, 1.165) is 15.8 Å². The fourth-order valence-electron chi connectivity index (χ4n) is 1.81. The van der Waals surface area contributed by atoms with E-state index >= 15 is 0 Å². The molecule has 3 aromatic rings. The molecule has 11 heteroatoms. The van der Waals surface area contributed by atoms with Gasteiger partial charge in [-0.15, -0.1) is 10.2 Å². The van der Waals surface area contributed by atoms with Gasteiger partial charge in [-0.1, -0.05) is 52.3 Å². The van der Waals surface area contributed by atoms with Gasteiger partial charge in [0.15, 0.2) is 13.8 Å². The Balaban J connectivity index is 1.52. The summed E-state index contributed by atoms with van der Waals surface area (Å²) in [5.41, 5.74) is 7.12. The molecule has 2 heterocycles. The number of amides is 2. The van der Waals surface area contributed by atoms with Crippen LogP contribution in [0, 0.1) is 6.92 Å². The van der Waals surface area contributed by atoms with E-state index in [4.69, 9.17) is 5.73 Å². The molecule has 0 unspecified atom stereocenters. The highest BCUT2D eigenvalue weighted by Crippen LogP contribution is 2.29. The fourth-order valence-corrected chi connectivity index (χ4v) is 5.35. The second kappa shape index (κ2) is 8.13. The number of aromatic nitrogens is 3. The summed E-state index contributed by atoms with van der Waals surface area (Å²) in [4.78, 5) is 27.2. The monoisotopic (exact) mass is 411 g/mol. The van der Waals surface area contributed by atoms with Crippen molar-refractivity contribution in [3.63, 3.8) is 0 Å². The molecule has 2 aromatic heterocycles. The third-order valence-corrected chi connectivity index (χ3v) is 6.99. The lowest BCUT2D eigenvalue weighted by molar-refractivity contribution is -0.115. The second-order valence-electron chi connectivity index (χ2n) is 4.92. The Morgan fingerprint density at radius 3 is 2.60 bits per heavy atom. The van der Waals surface area contributed by atoms with Crippen molar-refractivity contribution >= 4 is 73.4 Å². The molecule has 0 saturated carbocycles. The van der Waals surface area contributed by atoms with Gasteiger partial charge in [0.25, 0.3) is 0 Å². The Kier molecular flexibility index (Phi) is 5.89. The van der Waals surface area contributed by atoms with E-state index in [2.05, 4.69) is 20.5 Å². The van der Waals surface area contributed by atoms with E-state index in [1.165, 1.54) is 46.2 Å². The quantitative estimate of drug-likeness (QED) is 0.575. The molecule has 0 fully saturated rings. The van der Waals surface area contributed by atoms with Crippen molar-refractivity contribution in [2.45, 2.75) is 15.6 Å². The summed E-state index contributed by atoms with van der Waals surface area (Å²) in [6.45, 7) is 2.02. The number of benzene rings is 1. The molecule has 3 rings (SSSR count). The zero-order valence-electron chi connectivity index (χ0n) is 13.0. The van der Waals surface area contributed by atoms with Crippen molar-refractivity contribution in [1.29, 1.82) is 0 Å². The summed E-state index contributed by atoms with van der Waals surface area (Å²) in [5.74, 6) is -0.178. The van der Waals surface area contributed by atoms with Crippen molar-refractivity contribution in [3.05, 3.63) is 23.8 Å². The number of nitrogens with two attached hydrogens (primary N) is 1. The third kappa shape index (κ3) is 5.14. The molecule has 0 aliphatic rings. The number of fused-ring (bicyclic) bond motifs is 1. The highest BCUT2D eigenvalue weighted by molar-refractivity contribution is 8.03. The number of aryl methyl sites for hydroxylation is 1. The van der Waals surface area contributed by atoms with Gasteiger partial charge in [0.05, 0.1) is 21.7 Å². The highest BCUT2D eigenvalue weighted by atomic mass is 32.2. The Morgan fingerprint density at radius 2 is 1.88 bits per heavy atom. The lowest BCUT2D eigenvalue weighted by Crippen LogP contribution is -2.13. The number of hydrogen-bond acceptors (Lipinski definition) is 9. The van der Waals surface area contributed by atoms with Crippen LogP contribution in [0.25, 0.3) is 10.2 Å². The number of carbonyl (C=O) groups excluding carboxylic acids is 2. The van der Waals surface area contributed by atoms with Crippen molar-refractivity contribution in [2.24, 2.45) is 5.73 Å². The normalized spacial score (nSPS) is 10.9. The van der Waals surface area contributed by atoms with E-state index in [1.54, 1.807) is 0 Å². The van der Waals surface area contributed by atoms with Gasteiger partial charge in [0, 0.05) is 0 Å². The van der Waals surface area contributed by atoms with Crippen molar-refractivity contribution in [3.8, 4) is 0 Å². The number of carbonyl (C=O) groups is 2. The van der Waals surface area contributed by atoms with Gasteiger partial charge in [-0.05, 0) is 24.6 Å². The number of anilines is 1. The van der Waals surface area contributed by atoms with Gasteiger partial charge in [0.1, 0.15) is 0 Å². The predicted molar refractivity (Wildman–Crippen MR) is 104 cm³/mol. The minimum atomic E-state index is -0.403. The second-order valence-corrected chi connectivity index (χ2v) is 9.37. The first kappa shape index (κ1) is 18.1. The molecule has 0 bridgehead atoms. The molecule has 3 N–H and O–H groups in total. The maximum absolute atomic E-state index is 12.1. The van der Waals surface area contributed by atoms with Gasteiger partial charge in [-0.2, -0.15) is 0 Å². The van der Waals surface area contributed by atoms with Gasteiger partial charge in [-0.25, -0.2) is 4.98 Å². The SMILES string of the molecule is Cc1ccc2nc(NC(=O)CSc3nnc(SCC(N)=O)s3)sc2c1. The molecule has 0 spiro atoms. The molecular formula is C14H13N5O2S4. The predicted octanol–water partition coefficient (Wildman–Crippen LogP) is 2.76. The molecule has 0 atom stereocenters. The van der Waals surface area contributed by atoms with Crippen LogP contribution >= 0.6 is 46.2 Å². The van der Waals surface area contributed by atoms with Crippen LogP contribution in [0.5, 0.6) is 0 Å². The smallest absolute Gasteiger partial charge is 0.236 e. The lowest BCUT2D eigenvalue weighted by Gasteiger charge is -1.98. The standard InChI is InChI=1S/C14H13N5O2S4/c1-7-2-3-8-9(4-7)24-12(16-8)17-11(21)6-23-14-19-18-13(25-14)22-5-10(15)20/h2-4H,5-6H2,1H3,(H2,15,20)(H,16,17,21). The summed E-state index contributed by atoms with van der Waals surface area (Å²) in [7, 11) is 0. The molecule has 25 heavy (non-hydrogen) atoms. The zero-order chi connectivity index (χ0) is 17.8. The topological polar surface area (TPSA) is 111 Å². The van der Waals surface area contributed by atoms with Crippen LogP contribution in [-0.2, 0) is 9.59 Å². The van der Waals surface area contributed by atoms with E-state index in [-0.39, 0.29) is 17.4 Å². The molecule has 0 aliphatic heterocycles. The Bertz CT molecular complexity index is 923. The van der Waals surface area contributed by atoms with Crippen molar-refractivity contribution < 1.29 is 9.59 Å². The number of thiazole rings is 1. The van der Waals surface area contributed by atoms with Crippen LogP contribution in [-0.4, -0.2) is 38.5 Å². The average molecular weight is 412 g/mol. The first-order valence-corrected chi connectivity index (χ1v) is 10.6. The number of nitrogens with zero attached hydrogens (tertiary/aromatic N) is 3. The number of thioether (sulfide) groups is 2. The summed E-state index contributed by atoms with van der Waals surface area (Å²) in [5, 5.41) is 11.3. The van der Waals surface area contributed by atoms with Gasteiger partial charge in [-0.3, -0.25) is 9.59 Å². The molecule has 0 aliphatic carbocycles. The van der Waals surface area contributed by atoms with Gasteiger partial charge < -0.3 is 11.1 Å². The van der Waals surface area contributed by atoms with E-state index in [0.29, 0.717) is 13.8 Å². The zero-order valence-corrected chi connectivity index (χ0v) is 16.3. The van der Waals surface area contributed by atoms with E-state index < -0.39 is 5.91 Å². The van der Waals surface area contributed by atoms with Gasteiger partial charge >= 0.3 is 0 Å². The number of hydrogen-bond donors (Lipinski definition) is 2. The largest absolute Gasteiger partial charge is 0.369 e. The number of nitrogens with one attached hydrogen (secondary N) is 1. The summed E-state index contributed by atoms with van der Waals surface area (Å²) in [6, 6.07) is 5.98. The first-order chi connectivity index (χ1) is 12.0. The maximum Gasteiger partial charge on any atom is 0.236 e. The minimum Gasteiger partial charge on any atom is -0.369 e. The van der Waals surface area contributed by atoms with Crippen LogP contribution in [0.2, 0.25) is 0 Å². The van der Waals surface area contributed by atoms with E-state index in [1.807, 2.05) is 25.1 Å². The Morgan fingerprint density at radius 1 is 1.16 bits per heavy atom. The summed E-state index contributed by atoms with van der Waals surface area (Å²) >= 11 is 5.31. The van der Waals surface area contributed by atoms with Crippen LogP contribution in [0.1, 0.15) is 5.56 Å². The van der Waals surface area contributed by atoms with Gasteiger partial charge in [0.2, 0.25) is 11.8 Å². The fraction of sp³-hybridized carbons (Fsp3) is 0.214. The Hall–Kier alpha value is -1.69. The summed E-state index contributed by atoms with van der Waals surface area (Å²) in [6.07, 6.45) is 0. The molecule has 130 valence electrons. The molecule has 2 amide bonds. The first-order valence-electron chi connectivity index (χ1n) is 7.04. The maximum atomic E-state index is 12.1. The van der Waals surface area contributed by atoms with E-state index in [9.17, 15) is 9.59 Å². The van der Waals surface area contributed by atoms with Crippen LogP contribution in [0.3, 0.4) is 0 Å². The molecule has 0 saturated heterocycles. The highest BCUT2D eigenvalue weighted by Gasteiger charge is 2.11. The molecular weight excluding hydrogens is 398 g/mol. The van der Waals surface area contributed by atoms with Crippen molar-refractivity contribution in [1.82, 2.24) is 15.2 Å². The minimum absolute atomic E-state index is 0.151. The molecule has 7 nitrogen and oxygen atoms in total. The summed E-state index contributed by atoms with van der Waals surface area (Å²) < 4.78 is 2.37. The molecule has 1 aromatic carbocycles. The Labute approximate surface area is 159 Å². The van der Waals surface area contributed by atoms with Crippen LogP contribution in [0.15, 0.2) is 26.9 Å².